The second-order valence-corrected chi connectivity index (χ2v) is 8.85. The van der Waals surface area contributed by atoms with Crippen LogP contribution >= 0.6 is 11.6 Å². The maximum Gasteiger partial charge on any atom is 0.471 e. The van der Waals surface area contributed by atoms with Crippen LogP contribution in [0.2, 0.25) is 0 Å². The molecule has 0 N–H and O–H groups in total. The van der Waals surface area contributed by atoms with Gasteiger partial charge in [0.05, 0.1) is 10.4 Å². The van der Waals surface area contributed by atoms with Crippen LogP contribution < -0.4 is 0 Å². The van der Waals surface area contributed by atoms with Crippen LogP contribution in [0.4, 0.5) is 13.2 Å². The molecular formula is C16H18ClF3N2O3S. The molecule has 144 valence electrons. The van der Waals surface area contributed by atoms with Crippen molar-refractivity contribution in [3.63, 3.8) is 0 Å². The molecule has 0 radical (unpaired) electrons. The summed E-state index contributed by atoms with van der Waals surface area (Å²) in [6, 6.07) is 4.41. The lowest BCUT2D eigenvalue weighted by Gasteiger charge is -2.32. The minimum absolute atomic E-state index is 0.00916. The number of sulfonamides is 1. The maximum absolute atomic E-state index is 12.8. The Morgan fingerprint density at radius 2 is 1.88 bits per heavy atom. The molecule has 1 unspecified atom stereocenters. The summed E-state index contributed by atoms with van der Waals surface area (Å²) >= 11 is 6.14. The van der Waals surface area contributed by atoms with Gasteiger partial charge in [-0.1, -0.05) is 6.07 Å². The van der Waals surface area contributed by atoms with Crippen molar-refractivity contribution in [1.82, 2.24) is 9.21 Å². The molecule has 3 rings (SSSR count). The van der Waals surface area contributed by atoms with E-state index in [1.165, 1.54) is 16.4 Å². The Balaban J connectivity index is 1.88. The third-order valence-corrected chi connectivity index (χ3v) is 7.18. The van der Waals surface area contributed by atoms with E-state index in [2.05, 4.69) is 0 Å². The summed E-state index contributed by atoms with van der Waals surface area (Å²) in [6.07, 6.45) is -2.58. The zero-order valence-corrected chi connectivity index (χ0v) is 15.4. The normalized spacial score (nSPS) is 22.2. The quantitative estimate of drug-likeness (QED) is 0.556. The van der Waals surface area contributed by atoms with Gasteiger partial charge < -0.3 is 4.90 Å². The molecule has 0 aliphatic carbocycles. The predicted molar refractivity (Wildman–Crippen MR) is 89.0 cm³/mol. The van der Waals surface area contributed by atoms with E-state index < -0.39 is 27.6 Å². The minimum atomic E-state index is -4.94. The zero-order valence-electron chi connectivity index (χ0n) is 13.8. The van der Waals surface area contributed by atoms with E-state index in [1.54, 1.807) is 6.07 Å². The molecule has 0 saturated carbocycles. The second-order valence-electron chi connectivity index (χ2n) is 6.45. The van der Waals surface area contributed by atoms with Gasteiger partial charge in [-0.05, 0) is 48.9 Å². The molecule has 1 amide bonds. The van der Waals surface area contributed by atoms with Crippen LogP contribution in [0.1, 0.15) is 30.4 Å². The van der Waals surface area contributed by atoms with Crippen LogP contribution in [0.15, 0.2) is 23.1 Å². The number of nitrogens with zero attached hydrogens (tertiary/aromatic N) is 2. The number of amides is 1. The van der Waals surface area contributed by atoms with Gasteiger partial charge in [-0.2, -0.15) is 17.5 Å². The summed E-state index contributed by atoms with van der Waals surface area (Å²) in [5.74, 6) is -1.91. The van der Waals surface area contributed by atoms with Gasteiger partial charge in [-0.15, -0.1) is 11.6 Å². The summed E-state index contributed by atoms with van der Waals surface area (Å²) in [5, 5.41) is 0. The standard InChI is InChI=1S/C16H18ClF3N2O3S/c17-14-3-1-2-7-22(14)26(24,25)13-5-4-11-6-8-21(10-12(11)9-13)15(23)16(18,19)20/h4-5,9,14H,1-3,6-8,10H2. The Bertz CT molecular complexity index is 813. The number of halogens is 4. The van der Waals surface area contributed by atoms with Gasteiger partial charge in [0.25, 0.3) is 0 Å². The SMILES string of the molecule is O=C(N1CCc2ccc(S(=O)(=O)N3CCCCC3Cl)cc2C1)C(F)(F)F. The molecule has 0 bridgehead atoms. The predicted octanol–water partition coefficient (Wildman–Crippen LogP) is 2.87. The molecule has 1 aromatic rings. The first kappa shape index (κ1) is 19.4. The van der Waals surface area contributed by atoms with Crippen molar-refractivity contribution >= 4 is 27.5 Å². The number of piperidine rings is 1. The van der Waals surface area contributed by atoms with E-state index in [-0.39, 0.29) is 24.4 Å². The number of alkyl halides is 4. The molecule has 1 saturated heterocycles. The molecule has 0 aromatic heterocycles. The van der Waals surface area contributed by atoms with Gasteiger partial charge >= 0.3 is 12.1 Å². The molecule has 2 heterocycles. The fourth-order valence-electron chi connectivity index (χ4n) is 3.32. The molecule has 1 aromatic carbocycles. The molecule has 2 aliphatic rings. The van der Waals surface area contributed by atoms with E-state index in [4.69, 9.17) is 11.6 Å². The first-order chi connectivity index (χ1) is 12.1. The first-order valence-electron chi connectivity index (χ1n) is 8.24. The van der Waals surface area contributed by atoms with Crippen LogP contribution in [-0.2, 0) is 27.8 Å². The number of carbonyl (C=O) groups is 1. The van der Waals surface area contributed by atoms with E-state index in [0.717, 1.165) is 12.0 Å². The van der Waals surface area contributed by atoms with E-state index >= 15 is 0 Å². The van der Waals surface area contributed by atoms with Crippen LogP contribution in [0.3, 0.4) is 0 Å². The number of benzene rings is 1. The lowest BCUT2D eigenvalue weighted by atomic mass is 10.00. The summed E-state index contributed by atoms with van der Waals surface area (Å²) in [7, 11) is -3.84. The van der Waals surface area contributed by atoms with Crippen LogP contribution in [0.5, 0.6) is 0 Å². The van der Waals surface area contributed by atoms with Crippen molar-refractivity contribution < 1.29 is 26.4 Å². The second kappa shape index (κ2) is 7.01. The number of rotatable bonds is 2. The topological polar surface area (TPSA) is 57.7 Å². The highest BCUT2D eigenvalue weighted by molar-refractivity contribution is 7.89. The number of hydrogen-bond acceptors (Lipinski definition) is 3. The lowest BCUT2D eigenvalue weighted by Crippen LogP contribution is -2.44. The van der Waals surface area contributed by atoms with Gasteiger partial charge in [0.15, 0.2) is 0 Å². The van der Waals surface area contributed by atoms with Gasteiger partial charge in [0.2, 0.25) is 10.0 Å². The molecule has 26 heavy (non-hydrogen) atoms. The fraction of sp³-hybridized carbons (Fsp3) is 0.562. The van der Waals surface area contributed by atoms with Crippen molar-refractivity contribution in [2.45, 2.75) is 48.8 Å². The summed E-state index contributed by atoms with van der Waals surface area (Å²) < 4.78 is 64.9. The molecule has 1 atom stereocenters. The fourth-order valence-corrected chi connectivity index (χ4v) is 5.46. The third kappa shape index (κ3) is 3.70. The Kier molecular flexibility index (Phi) is 5.24. The molecule has 10 heteroatoms. The Labute approximate surface area is 154 Å². The van der Waals surface area contributed by atoms with E-state index in [1.807, 2.05) is 0 Å². The Morgan fingerprint density at radius 3 is 2.54 bits per heavy atom. The monoisotopic (exact) mass is 410 g/mol. The van der Waals surface area contributed by atoms with Crippen molar-refractivity contribution in [1.29, 1.82) is 0 Å². The van der Waals surface area contributed by atoms with Crippen LogP contribution in [0.25, 0.3) is 0 Å². The average molecular weight is 411 g/mol. The van der Waals surface area contributed by atoms with Crippen molar-refractivity contribution in [2.75, 3.05) is 13.1 Å². The van der Waals surface area contributed by atoms with Crippen LogP contribution in [-0.4, -0.2) is 48.3 Å². The van der Waals surface area contributed by atoms with E-state index in [0.29, 0.717) is 29.8 Å². The molecule has 0 spiro atoms. The highest BCUT2D eigenvalue weighted by atomic mass is 35.5. The first-order valence-corrected chi connectivity index (χ1v) is 10.1. The average Bonchev–Trinajstić information content (AvgIpc) is 2.59. The number of fused-ring (bicyclic) bond motifs is 1. The Hall–Kier alpha value is -1.32. The lowest BCUT2D eigenvalue weighted by molar-refractivity contribution is -0.186. The van der Waals surface area contributed by atoms with E-state index in [9.17, 15) is 26.4 Å². The van der Waals surface area contributed by atoms with Gasteiger partial charge in [0, 0.05) is 19.6 Å². The molecule has 5 nitrogen and oxygen atoms in total. The van der Waals surface area contributed by atoms with Crippen molar-refractivity contribution in [3.05, 3.63) is 29.3 Å². The summed E-state index contributed by atoms with van der Waals surface area (Å²) in [4.78, 5) is 12.1. The summed E-state index contributed by atoms with van der Waals surface area (Å²) in [5.41, 5.74) is 0.530. The highest BCUT2D eigenvalue weighted by Gasteiger charge is 2.43. The molecule has 1 fully saturated rings. The number of hydrogen-bond donors (Lipinski definition) is 0. The molecular weight excluding hydrogens is 393 g/mol. The minimum Gasteiger partial charge on any atom is -0.330 e. The van der Waals surface area contributed by atoms with Crippen molar-refractivity contribution in [3.8, 4) is 0 Å². The number of carbonyl (C=O) groups excluding carboxylic acids is 1. The largest absolute Gasteiger partial charge is 0.471 e. The smallest absolute Gasteiger partial charge is 0.330 e. The third-order valence-electron chi connectivity index (χ3n) is 4.71. The maximum atomic E-state index is 12.8. The van der Waals surface area contributed by atoms with Gasteiger partial charge in [0.1, 0.15) is 0 Å². The zero-order chi connectivity index (χ0) is 19.1. The Morgan fingerprint density at radius 1 is 1.15 bits per heavy atom. The van der Waals surface area contributed by atoms with Gasteiger partial charge in [-0.3, -0.25) is 4.79 Å². The van der Waals surface area contributed by atoms with Gasteiger partial charge in [-0.25, -0.2) is 8.42 Å². The van der Waals surface area contributed by atoms with Crippen molar-refractivity contribution in [2.24, 2.45) is 0 Å². The molecule has 2 aliphatic heterocycles. The van der Waals surface area contributed by atoms with Crippen LogP contribution in [0, 0.1) is 0 Å². The highest BCUT2D eigenvalue weighted by Crippen LogP contribution is 2.30. The summed E-state index contributed by atoms with van der Waals surface area (Å²) in [6.45, 7) is 0.000921.